The van der Waals surface area contributed by atoms with E-state index < -0.39 is 0 Å². The molecule has 2 N–H and O–H groups in total. The lowest BCUT2D eigenvalue weighted by atomic mass is 10.0. The van der Waals surface area contributed by atoms with Gasteiger partial charge in [0.2, 0.25) is 0 Å². The van der Waals surface area contributed by atoms with Crippen molar-refractivity contribution in [1.29, 1.82) is 0 Å². The molecule has 0 aromatic heterocycles. The van der Waals surface area contributed by atoms with Gasteiger partial charge in [-0.3, -0.25) is 0 Å². The zero-order chi connectivity index (χ0) is 17.1. The second-order valence-electron chi connectivity index (χ2n) is 5.74. The Hall–Kier alpha value is -2.40. The van der Waals surface area contributed by atoms with E-state index in [0.29, 0.717) is 23.7 Å². The first-order valence-electron chi connectivity index (χ1n) is 7.68. The fourth-order valence-corrected chi connectivity index (χ4v) is 2.84. The number of carbonyl (C=O) groups excluding carboxylic acids is 1. The number of benzene rings is 2. The number of amides is 2. The first kappa shape index (κ1) is 16.5. The summed E-state index contributed by atoms with van der Waals surface area (Å²) in [4.78, 5) is 12.2. The van der Waals surface area contributed by atoms with Gasteiger partial charge in [-0.05, 0) is 54.8 Å². The number of methoxy groups -OCH3 is 1. The zero-order valence-corrected chi connectivity index (χ0v) is 14.3. The summed E-state index contributed by atoms with van der Waals surface area (Å²) >= 11 is 5.97. The molecule has 126 valence electrons. The van der Waals surface area contributed by atoms with Gasteiger partial charge in [0.05, 0.1) is 13.2 Å². The second-order valence-corrected chi connectivity index (χ2v) is 6.18. The van der Waals surface area contributed by atoms with Crippen molar-refractivity contribution in [2.75, 3.05) is 19.0 Å². The summed E-state index contributed by atoms with van der Waals surface area (Å²) in [5.74, 6) is 1.61. The lowest BCUT2D eigenvalue weighted by molar-refractivity contribution is 0.222. The molecule has 0 fully saturated rings. The summed E-state index contributed by atoms with van der Waals surface area (Å²) in [5.41, 5.74) is 2.66. The van der Waals surface area contributed by atoms with Crippen LogP contribution in [-0.2, 0) is 6.42 Å². The fraction of sp³-hybridized carbons (Fsp3) is 0.278. The van der Waals surface area contributed by atoms with Gasteiger partial charge >= 0.3 is 6.03 Å². The largest absolute Gasteiger partial charge is 0.497 e. The maximum atomic E-state index is 12.2. The van der Waals surface area contributed by atoms with E-state index in [-0.39, 0.29) is 12.1 Å². The molecule has 2 aromatic carbocycles. The van der Waals surface area contributed by atoms with E-state index in [1.54, 1.807) is 19.2 Å². The van der Waals surface area contributed by atoms with E-state index in [1.165, 1.54) is 0 Å². The predicted octanol–water partition coefficient (Wildman–Crippen LogP) is 3.78. The van der Waals surface area contributed by atoms with Crippen molar-refractivity contribution in [2.45, 2.75) is 19.4 Å². The standard InChI is InChI=1S/C18H19ClN2O3/c1-11-3-4-13(19)9-16(11)21-18(22)20-14-7-12-8-15(23-2)5-6-17(12)24-10-14/h3-6,8-9,14H,7,10H2,1-2H3,(H2,20,21,22)/t14-/m0/s1. The average Bonchev–Trinajstić information content (AvgIpc) is 2.57. The Morgan fingerprint density at radius 2 is 2.12 bits per heavy atom. The third-order valence-corrected chi connectivity index (χ3v) is 4.19. The number of ether oxygens (including phenoxy) is 2. The lowest BCUT2D eigenvalue weighted by Gasteiger charge is -2.26. The quantitative estimate of drug-likeness (QED) is 0.889. The molecule has 6 heteroatoms. The Morgan fingerprint density at radius 1 is 1.29 bits per heavy atom. The van der Waals surface area contributed by atoms with Crippen molar-refractivity contribution >= 4 is 23.3 Å². The molecule has 0 unspecified atom stereocenters. The molecule has 0 saturated heterocycles. The minimum Gasteiger partial charge on any atom is -0.497 e. The van der Waals surface area contributed by atoms with Crippen molar-refractivity contribution in [2.24, 2.45) is 0 Å². The number of fused-ring (bicyclic) bond motifs is 1. The van der Waals surface area contributed by atoms with Crippen LogP contribution in [0.25, 0.3) is 0 Å². The van der Waals surface area contributed by atoms with Crippen LogP contribution in [0.2, 0.25) is 5.02 Å². The number of halogens is 1. The van der Waals surface area contributed by atoms with Crippen molar-refractivity contribution in [3.05, 3.63) is 52.5 Å². The van der Waals surface area contributed by atoms with E-state index in [1.807, 2.05) is 31.2 Å². The Kier molecular flexibility index (Phi) is 4.81. The van der Waals surface area contributed by atoms with Gasteiger partial charge in [-0.1, -0.05) is 17.7 Å². The number of hydrogen-bond donors (Lipinski definition) is 2. The van der Waals surface area contributed by atoms with Crippen LogP contribution in [0.3, 0.4) is 0 Å². The maximum absolute atomic E-state index is 12.2. The molecule has 0 saturated carbocycles. The molecular weight excluding hydrogens is 328 g/mol. The minimum absolute atomic E-state index is 0.107. The summed E-state index contributed by atoms with van der Waals surface area (Å²) in [7, 11) is 1.63. The highest BCUT2D eigenvalue weighted by Crippen LogP contribution is 2.28. The van der Waals surface area contributed by atoms with Gasteiger partial charge < -0.3 is 20.1 Å². The molecule has 0 aliphatic carbocycles. The third-order valence-electron chi connectivity index (χ3n) is 3.96. The molecule has 3 rings (SSSR count). The van der Waals surface area contributed by atoms with Crippen LogP contribution < -0.4 is 20.1 Å². The minimum atomic E-state index is -0.277. The van der Waals surface area contributed by atoms with Gasteiger partial charge in [0.15, 0.2) is 0 Å². The van der Waals surface area contributed by atoms with Crippen molar-refractivity contribution < 1.29 is 14.3 Å². The van der Waals surface area contributed by atoms with Crippen LogP contribution in [0.4, 0.5) is 10.5 Å². The molecule has 1 atom stereocenters. The Bertz CT molecular complexity index is 764. The normalized spacial score (nSPS) is 15.9. The van der Waals surface area contributed by atoms with Gasteiger partial charge in [0.1, 0.15) is 18.1 Å². The van der Waals surface area contributed by atoms with E-state index in [2.05, 4.69) is 10.6 Å². The number of nitrogens with one attached hydrogen (secondary N) is 2. The number of rotatable bonds is 3. The summed E-state index contributed by atoms with van der Waals surface area (Å²) in [6.45, 7) is 2.35. The monoisotopic (exact) mass is 346 g/mol. The van der Waals surface area contributed by atoms with Crippen LogP contribution in [0, 0.1) is 6.92 Å². The highest BCUT2D eigenvalue weighted by Gasteiger charge is 2.22. The first-order valence-corrected chi connectivity index (χ1v) is 8.06. The number of hydrogen-bond acceptors (Lipinski definition) is 3. The molecule has 0 spiro atoms. The molecule has 1 aliphatic heterocycles. The highest BCUT2D eigenvalue weighted by molar-refractivity contribution is 6.31. The maximum Gasteiger partial charge on any atom is 0.319 e. The van der Waals surface area contributed by atoms with Crippen molar-refractivity contribution in [1.82, 2.24) is 5.32 Å². The van der Waals surface area contributed by atoms with Gasteiger partial charge in [-0.25, -0.2) is 4.79 Å². The Morgan fingerprint density at radius 3 is 2.92 bits per heavy atom. The molecule has 1 aliphatic rings. The molecule has 2 amide bonds. The van der Waals surface area contributed by atoms with Crippen LogP contribution in [0.5, 0.6) is 11.5 Å². The number of urea groups is 1. The Balaban J connectivity index is 1.64. The molecule has 0 radical (unpaired) electrons. The summed E-state index contributed by atoms with van der Waals surface area (Å²) in [6, 6.07) is 10.7. The second kappa shape index (κ2) is 7.01. The molecule has 1 heterocycles. The first-order chi connectivity index (χ1) is 11.5. The lowest BCUT2D eigenvalue weighted by Crippen LogP contribution is -2.44. The summed E-state index contributed by atoms with van der Waals surface area (Å²) in [6.07, 6.45) is 0.689. The predicted molar refractivity (Wildman–Crippen MR) is 94.3 cm³/mol. The van der Waals surface area contributed by atoms with Gasteiger partial charge in [-0.2, -0.15) is 0 Å². The van der Waals surface area contributed by atoms with Crippen molar-refractivity contribution in [3.63, 3.8) is 0 Å². The molecule has 5 nitrogen and oxygen atoms in total. The van der Waals surface area contributed by atoms with E-state index in [9.17, 15) is 4.79 Å². The van der Waals surface area contributed by atoms with Crippen LogP contribution in [0.15, 0.2) is 36.4 Å². The topological polar surface area (TPSA) is 59.6 Å². The van der Waals surface area contributed by atoms with Crippen LogP contribution in [0.1, 0.15) is 11.1 Å². The SMILES string of the molecule is COc1ccc2c(c1)C[C@H](NC(=O)Nc1cc(Cl)ccc1C)CO2. The summed E-state index contributed by atoms with van der Waals surface area (Å²) in [5, 5.41) is 6.34. The van der Waals surface area contributed by atoms with Gasteiger partial charge in [-0.15, -0.1) is 0 Å². The smallest absolute Gasteiger partial charge is 0.319 e. The summed E-state index contributed by atoms with van der Waals surface area (Å²) < 4.78 is 10.9. The van der Waals surface area contributed by atoms with E-state index >= 15 is 0 Å². The van der Waals surface area contributed by atoms with Crippen LogP contribution >= 0.6 is 11.6 Å². The number of anilines is 1. The molecule has 0 bridgehead atoms. The van der Waals surface area contributed by atoms with Gasteiger partial charge in [0.25, 0.3) is 0 Å². The number of aryl methyl sites for hydroxylation is 1. The third kappa shape index (κ3) is 3.74. The molecular formula is C18H19ClN2O3. The fourth-order valence-electron chi connectivity index (χ4n) is 2.66. The van der Waals surface area contributed by atoms with E-state index in [0.717, 1.165) is 22.6 Å². The highest BCUT2D eigenvalue weighted by atomic mass is 35.5. The zero-order valence-electron chi connectivity index (χ0n) is 13.6. The van der Waals surface area contributed by atoms with E-state index in [4.69, 9.17) is 21.1 Å². The number of carbonyl (C=O) groups is 1. The average molecular weight is 347 g/mol. The molecule has 24 heavy (non-hydrogen) atoms. The Labute approximate surface area is 145 Å². The van der Waals surface area contributed by atoms with Crippen LogP contribution in [-0.4, -0.2) is 25.8 Å². The van der Waals surface area contributed by atoms with Crippen molar-refractivity contribution in [3.8, 4) is 11.5 Å². The molecule has 2 aromatic rings. The van der Waals surface area contributed by atoms with Gasteiger partial charge in [0, 0.05) is 10.7 Å².